The van der Waals surface area contributed by atoms with Crippen molar-refractivity contribution in [3.05, 3.63) is 0 Å². The van der Waals surface area contributed by atoms with Gasteiger partial charge in [-0.3, -0.25) is 9.59 Å². The predicted molar refractivity (Wildman–Crippen MR) is 74.6 cm³/mol. The van der Waals surface area contributed by atoms with Crippen molar-refractivity contribution in [2.75, 3.05) is 13.2 Å². The van der Waals surface area contributed by atoms with Gasteiger partial charge in [-0.2, -0.15) is 10.5 Å². The zero-order valence-corrected chi connectivity index (χ0v) is 13.1. The third kappa shape index (κ3) is 4.46. The van der Waals surface area contributed by atoms with Gasteiger partial charge in [0.2, 0.25) is 0 Å². The van der Waals surface area contributed by atoms with E-state index in [0.717, 1.165) is 0 Å². The number of carbonyl (C=O) groups is 2. The smallest absolute Gasteiger partial charge is 0.327 e. The van der Waals surface area contributed by atoms with Gasteiger partial charge in [0.05, 0.1) is 31.8 Å². The molecule has 0 rings (SSSR count). The second-order valence-electron chi connectivity index (χ2n) is 5.26. The highest BCUT2D eigenvalue weighted by molar-refractivity contribution is 5.82. The van der Waals surface area contributed by atoms with Gasteiger partial charge < -0.3 is 9.47 Å². The van der Waals surface area contributed by atoms with Crippen LogP contribution >= 0.6 is 0 Å². The molecule has 6 nitrogen and oxygen atoms in total. The van der Waals surface area contributed by atoms with Gasteiger partial charge in [-0.15, -0.1) is 0 Å². The SMILES string of the molecule is CCOC(=O)CC(C)(C)C(C#N)(CCC#N)C(=O)OCC. The summed E-state index contributed by atoms with van der Waals surface area (Å²) in [5.41, 5.74) is -2.55. The molecule has 0 saturated heterocycles. The van der Waals surface area contributed by atoms with Crippen molar-refractivity contribution in [1.82, 2.24) is 0 Å². The monoisotopic (exact) mass is 294 g/mol. The van der Waals surface area contributed by atoms with Gasteiger partial charge in [0.25, 0.3) is 0 Å². The minimum atomic E-state index is -1.55. The summed E-state index contributed by atoms with van der Waals surface area (Å²) in [7, 11) is 0. The Morgan fingerprint density at radius 3 is 2.10 bits per heavy atom. The van der Waals surface area contributed by atoms with E-state index in [-0.39, 0.29) is 32.5 Å². The van der Waals surface area contributed by atoms with Crippen LogP contribution in [0.5, 0.6) is 0 Å². The van der Waals surface area contributed by atoms with E-state index in [0.29, 0.717) is 0 Å². The maximum atomic E-state index is 12.3. The molecule has 0 spiro atoms. The summed E-state index contributed by atoms with van der Waals surface area (Å²) in [6.07, 6.45) is -0.0531. The van der Waals surface area contributed by atoms with Gasteiger partial charge >= 0.3 is 11.9 Å². The summed E-state index contributed by atoms with van der Waals surface area (Å²) in [6.45, 7) is 6.96. The normalized spacial score (nSPS) is 13.4. The van der Waals surface area contributed by atoms with Crippen molar-refractivity contribution in [2.24, 2.45) is 10.8 Å². The number of nitriles is 2. The molecule has 116 valence electrons. The topological polar surface area (TPSA) is 100 Å². The molecule has 21 heavy (non-hydrogen) atoms. The number of hydrogen-bond acceptors (Lipinski definition) is 6. The number of ether oxygens (including phenoxy) is 2. The van der Waals surface area contributed by atoms with Crippen LogP contribution in [0.4, 0.5) is 0 Å². The molecule has 0 aliphatic carbocycles. The fourth-order valence-corrected chi connectivity index (χ4v) is 2.19. The van der Waals surface area contributed by atoms with E-state index in [4.69, 9.17) is 14.7 Å². The van der Waals surface area contributed by atoms with Crippen LogP contribution in [0.3, 0.4) is 0 Å². The first kappa shape index (κ1) is 18.9. The first-order chi connectivity index (χ1) is 9.81. The van der Waals surface area contributed by atoms with E-state index >= 15 is 0 Å². The van der Waals surface area contributed by atoms with Gasteiger partial charge in [0, 0.05) is 11.8 Å². The van der Waals surface area contributed by atoms with E-state index < -0.39 is 22.8 Å². The van der Waals surface area contributed by atoms with Gasteiger partial charge in [0.1, 0.15) is 0 Å². The average Bonchev–Trinajstić information content (AvgIpc) is 2.39. The number of rotatable bonds is 8. The lowest BCUT2D eigenvalue weighted by atomic mass is 9.62. The third-order valence-electron chi connectivity index (χ3n) is 3.47. The highest BCUT2D eigenvalue weighted by atomic mass is 16.5. The highest BCUT2D eigenvalue weighted by Gasteiger charge is 2.53. The van der Waals surface area contributed by atoms with Crippen LogP contribution in [0.15, 0.2) is 0 Å². The van der Waals surface area contributed by atoms with Crippen LogP contribution in [0.2, 0.25) is 0 Å². The molecule has 0 N–H and O–H groups in total. The van der Waals surface area contributed by atoms with E-state index in [1.807, 2.05) is 12.1 Å². The molecule has 0 heterocycles. The van der Waals surface area contributed by atoms with E-state index in [9.17, 15) is 14.9 Å². The second-order valence-corrected chi connectivity index (χ2v) is 5.26. The minimum absolute atomic E-state index is 0.0191. The molecule has 0 fully saturated rings. The number of carbonyl (C=O) groups excluding carboxylic acids is 2. The van der Waals surface area contributed by atoms with Crippen molar-refractivity contribution < 1.29 is 19.1 Å². The predicted octanol–water partition coefficient (Wildman–Crippen LogP) is 2.34. The van der Waals surface area contributed by atoms with Crippen molar-refractivity contribution in [1.29, 1.82) is 10.5 Å². The molecule has 0 amide bonds. The lowest BCUT2D eigenvalue weighted by Gasteiger charge is -2.38. The van der Waals surface area contributed by atoms with Crippen LogP contribution < -0.4 is 0 Å². The Morgan fingerprint density at radius 1 is 1.10 bits per heavy atom. The molecule has 1 atom stereocenters. The summed E-state index contributed by atoms with van der Waals surface area (Å²) in [4.78, 5) is 24.0. The van der Waals surface area contributed by atoms with Crippen molar-refractivity contribution in [3.63, 3.8) is 0 Å². The molecule has 0 aromatic rings. The Kier molecular flexibility index (Phi) is 7.44. The Bertz CT molecular complexity index is 459. The van der Waals surface area contributed by atoms with Crippen molar-refractivity contribution in [2.45, 2.75) is 47.0 Å². The number of esters is 2. The summed E-state index contributed by atoms with van der Waals surface area (Å²) < 4.78 is 9.90. The highest BCUT2D eigenvalue weighted by Crippen LogP contribution is 2.46. The fourth-order valence-electron chi connectivity index (χ4n) is 2.19. The maximum absolute atomic E-state index is 12.3. The Balaban J connectivity index is 5.54. The van der Waals surface area contributed by atoms with Crippen LogP contribution in [-0.4, -0.2) is 25.2 Å². The summed E-state index contributed by atoms with van der Waals surface area (Å²) >= 11 is 0. The summed E-state index contributed by atoms with van der Waals surface area (Å²) in [5, 5.41) is 18.3. The largest absolute Gasteiger partial charge is 0.466 e. The minimum Gasteiger partial charge on any atom is -0.466 e. The molecule has 6 heteroatoms. The summed E-state index contributed by atoms with van der Waals surface area (Å²) in [6, 6.07) is 3.92. The van der Waals surface area contributed by atoms with E-state index in [2.05, 4.69) is 0 Å². The molecule has 0 aliphatic rings. The van der Waals surface area contributed by atoms with Crippen molar-refractivity contribution >= 4 is 11.9 Å². The standard InChI is InChI=1S/C15H22N2O4/c1-5-20-12(18)10-14(3,4)15(11-17,8-7-9-16)13(19)21-6-2/h5-8,10H2,1-4H3. The molecule has 0 bridgehead atoms. The Hall–Kier alpha value is -2.08. The average molecular weight is 294 g/mol. The zero-order valence-electron chi connectivity index (χ0n) is 13.1. The molecular formula is C15H22N2O4. The molecule has 0 aliphatic heterocycles. The lowest BCUT2D eigenvalue weighted by molar-refractivity contribution is -0.162. The number of hydrogen-bond donors (Lipinski definition) is 0. The molecular weight excluding hydrogens is 272 g/mol. The van der Waals surface area contributed by atoms with Gasteiger partial charge in [0.15, 0.2) is 5.41 Å². The van der Waals surface area contributed by atoms with Crippen molar-refractivity contribution in [3.8, 4) is 12.1 Å². The molecule has 0 saturated carbocycles. The van der Waals surface area contributed by atoms with Gasteiger partial charge in [-0.25, -0.2) is 0 Å². The van der Waals surface area contributed by atoms with Crippen LogP contribution in [0, 0.1) is 33.5 Å². The van der Waals surface area contributed by atoms with E-state index in [1.165, 1.54) is 0 Å². The quantitative estimate of drug-likeness (QED) is 0.637. The maximum Gasteiger partial charge on any atom is 0.327 e. The summed E-state index contributed by atoms with van der Waals surface area (Å²) in [5.74, 6) is -1.18. The zero-order chi connectivity index (χ0) is 16.5. The third-order valence-corrected chi connectivity index (χ3v) is 3.47. The lowest BCUT2D eigenvalue weighted by Crippen LogP contribution is -2.46. The van der Waals surface area contributed by atoms with Gasteiger partial charge in [-0.1, -0.05) is 13.8 Å². The van der Waals surface area contributed by atoms with Crippen LogP contribution in [0.1, 0.15) is 47.0 Å². The Labute approximate surface area is 125 Å². The molecule has 0 aromatic heterocycles. The molecule has 0 radical (unpaired) electrons. The molecule has 1 unspecified atom stereocenters. The van der Waals surface area contributed by atoms with Crippen LogP contribution in [-0.2, 0) is 19.1 Å². The molecule has 0 aromatic carbocycles. The van der Waals surface area contributed by atoms with Crippen LogP contribution in [0.25, 0.3) is 0 Å². The van der Waals surface area contributed by atoms with Gasteiger partial charge in [-0.05, 0) is 20.3 Å². The fraction of sp³-hybridized carbons (Fsp3) is 0.733. The van der Waals surface area contributed by atoms with E-state index in [1.54, 1.807) is 27.7 Å². The first-order valence-electron chi connectivity index (χ1n) is 6.92. The number of nitrogens with zero attached hydrogens (tertiary/aromatic N) is 2. The Morgan fingerprint density at radius 2 is 1.67 bits per heavy atom. The first-order valence-corrected chi connectivity index (χ1v) is 6.92. The second kappa shape index (κ2) is 8.26.